The van der Waals surface area contributed by atoms with Crippen molar-refractivity contribution in [3.63, 3.8) is 0 Å². The molecule has 15 heavy (non-hydrogen) atoms. The van der Waals surface area contributed by atoms with Crippen LogP contribution in [0.5, 0.6) is 5.75 Å². The highest BCUT2D eigenvalue weighted by Gasteiger charge is 2.05. The Kier molecular flexibility index (Phi) is 2.58. The molecule has 78 valence electrons. The first-order chi connectivity index (χ1) is 7.22. The van der Waals surface area contributed by atoms with E-state index in [1.807, 2.05) is 18.2 Å². The number of fused-ring (bicyclic) bond motifs is 1. The van der Waals surface area contributed by atoms with Crippen molar-refractivity contribution in [3.8, 4) is 5.75 Å². The fourth-order valence-electron chi connectivity index (χ4n) is 1.64. The standard InChI is InChI=1S/C13H15NO/c1-9(2)11-8-7-10-12(14-11)5-4-6-13(10)15-3/h4-9H,1-3H3. The van der Waals surface area contributed by atoms with Crippen molar-refractivity contribution in [3.05, 3.63) is 36.0 Å². The van der Waals surface area contributed by atoms with E-state index in [-0.39, 0.29) is 0 Å². The Labute approximate surface area is 89.9 Å². The molecule has 0 aliphatic rings. The van der Waals surface area contributed by atoms with Crippen molar-refractivity contribution < 1.29 is 4.74 Å². The molecule has 0 atom stereocenters. The Morgan fingerprint density at radius 3 is 2.60 bits per heavy atom. The summed E-state index contributed by atoms with van der Waals surface area (Å²) in [6, 6.07) is 10.1. The molecule has 0 spiro atoms. The van der Waals surface area contributed by atoms with E-state index >= 15 is 0 Å². The van der Waals surface area contributed by atoms with Crippen LogP contribution in [0, 0.1) is 0 Å². The minimum Gasteiger partial charge on any atom is -0.496 e. The Bertz CT molecular complexity index is 477. The minimum atomic E-state index is 0.459. The maximum Gasteiger partial charge on any atom is 0.128 e. The first-order valence-electron chi connectivity index (χ1n) is 5.16. The molecule has 0 fully saturated rings. The number of aromatic nitrogens is 1. The van der Waals surface area contributed by atoms with Crippen LogP contribution in [0.1, 0.15) is 25.5 Å². The highest BCUT2D eigenvalue weighted by molar-refractivity contribution is 5.85. The Hall–Kier alpha value is -1.57. The summed E-state index contributed by atoms with van der Waals surface area (Å²) in [5.74, 6) is 1.34. The number of benzene rings is 1. The molecule has 2 heteroatoms. The molecule has 1 aromatic heterocycles. The number of hydrogen-bond acceptors (Lipinski definition) is 2. The van der Waals surface area contributed by atoms with E-state index in [2.05, 4.69) is 31.0 Å². The van der Waals surface area contributed by atoms with Gasteiger partial charge in [-0.2, -0.15) is 0 Å². The van der Waals surface area contributed by atoms with E-state index in [9.17, 15) is 0 Å². The molecule has 0 aliphatic heterocycles. The molecule has 1 aromatic carbocycles. The first-order valence-corrected chi connectivity index (χ1v) is 5.16. The molecule has 2 aromatic rings. The molecule has 0 saturated heterocycles. The third kappa shape index (κ3) is 1.80. The zero-order chi connectivity index (χ0) is 10.8. The van der Waals surface area contributed by atoms with Gasteiger partial charge in [-0.1, -0.05) is 19.9 Å². The second-order valence-corrected chi connectivity index (χ2v) is 3.92. The van der Waals surface area contributed by atoms with Crippen LogP contribution < -0.4 is 4.74 Å². The Morgan fingerprint density at radius 1 is 1.13 bits per heavy atom. The van der Waals surface area contributed by atoms with Crippen LogP contribution in [-0.4, -0.2) is 12.1 Å². The van der Waals surface area contributed by atoms with Crippen molar-refractivity contribution in [1.29, 1.82) is 0 Å². The van der Waals surface area contributed by atoms with Crippen LogP contribution in [0.4, 0.5) is 0 Å². The minimum absolute atomic E-state index is 0.459. The average Bonchev–Trinajstić information content (AvgIpc) is 2.27. The number of rotatable bonds is 2. The normalized spacial score (nSPS) is 10.9. The monoisotopic (exact) mass is 201 g/mol. The molecule has 0 N–H and O–H groups in total. The lowest BCUT2D eigenvalue weighted by molar-refractivity contribution is 0.419. The number of methoxy groups -OCH3 is 1. The van der Waals surface area contributed by atoms with Gasteiger partial charge in [-0.05, 0) is 30.2 Å². The fourth-order valence-corrected chi connectivity index (χ4v) is 1.64. The predicted molar refractivity (Wildman–Crippen MR) is 62.4 cm³/mol. The lowest BCUT2D eigenvalue weighted by Gasteiger charge is -2.08. The van der Waals surface area contributed by atoms with Crippen molar-refractivity contribution in [2.45, 2.75) is 19.8 Å². The highest BCUT2D eigenvalue weighted by Crippen LogP contribution is 2.25. The van der Waals surface area contributed by atoms with E-state index in [0.717, 1.165) is 22.3 Å². The van der Waals surface area contributed by atoms with Crippen LogP contribution >= 0.6 is 0 Å². The summed E-state index contributed by atoms with van der Waals surface area (Å²) in [6.07, 6.45) is 0. The quantitative estimate of drug-likeness (QED) is 0.743. The van der Waals surface area contributed by atoms with Crippen LogP contribution in [0.3, 0.4) is 0 Å². The highest BCUT2D eigenvalue weighted by atomic mass is 16.5. The van der Waals surface area contributed by atoms with Gasteiger partial charge >= 0.3 is 0 Å². The van der Waals surface area contributed by atoms with Crippen LogP contribution in [0.2, 0.25) is 0 Å². The summed E-state index contributed by atoms with van der Waals surface area (Å²) in [6.45, 7) is 4.29. The molecule has 1 heterocycles. The van der Waals surface area contributed by atoms with Gasteiger partial charge in [0.1, 0.15) is 5.75 Å². The van der Waals surface area contributed by atoms with E-state index < -0.39 is 0 Å². The lowest BCUT2D eigenvalue weighted by atomic mass is 10.1. The summed E-state index contributed by atoms with van der Waals surface area (Å²) < 4.78 is 5.29. The zero-order valence-electron chi connectivity index (χ0n) is 9.32. The Morgan fingerprint density at radius 2 is 1.93 bits per heavy atom. The van der Waals surface area contributed by atoms with Crippen molar-refractivity contribution in [1.82, 2.24) is 4.98 Å². The molecule has 0 bridgehead atoms. The van der Waals surface area contributed by atoms with Gasteiger partial charge in [0.05, 0.1) is 12.6 Å². The molecule has 0 aliphatic carbocycles. The van der Waals surface area contributed by atoms with Crippen LogP contribution in [0.25, 0.3) is 10.9 Å². The van der Waals surface area contributed by atoms with Crippen molar-refractivity contribution in [2.24, 2.45) is 0 Å². The topological polar surface area (TPSA) is 22.1 Å². The maximum atomic E-state index is 5.29. The number of ether oxygens (including phenoxy) is 1. The molecule has 2 rings (SSSR count). The third-order valence-corrected chi connectivity index (χ3v) is 2.52. The third-order valence-electron chi connectivity index (χ3n) is 2.52. The first kappa shape index (κ1) is 9.97. The SMILES string of the molecule is COc1cccc2nc(C(C)C)ccc12. The van der Waals surface area contributed by atoms with Crippen molar-refractivity contribution in [2.75, 3.05) is 7.11 Å². The number of hydrogen-bond donors (Lipinski definition) is 0. The summed E-state index contributed by atoms with van der Waals surface area (Å²) in [5, 5.41) is 1.07. The molecular formula is C13H15NO. The average molecular weight is 201 g/mol. The van der Waals surface area contributed by atoms with Crippen molar-refractivity contribution >= 4 is 10.9 Å². The smallest absolute Gasteiger partial charge is 0.128 e. The van der Waals surface area contributed by atoms with E-state index in [4.69, 9.17) is 4.74 Å². The van der Waals surface area contributed by atoms with Gasteiger partial charge in [0.15, 0.2) is 0 Å². The largest absolute Gasteiger partial charge is 0.496 e. The summed E-state index contributed by atoms with van der Waals surface area (Å²) in [5.41, 5.74) is 2.12. The van der Waals surface area contributed by atoms with Gasteiger partial charge in [-0.15, -0.1) is 0 Å². The Balaban J connectivity index is 2.63. The second kappa shape index (κ2) is 3.89. The van der Waals surface area contributed by atoms with E-state index in [1.165, 1.54) is 0 Å². The van der Waals surface area contributed by atoms with Gasteiger partial charge in [0.2, 0.25) is 0 Å². The van der Waals surface area contributed by atoms with Gasteiger partial charge in [0, 0.05) is 11.1 Å². The zero-order valence-corrected chi connectivity index (χ0v) is 9.32. The predicted octanol–water partition coefficient (Wildman–Crippen LogP) is 3.37. The van der Waals surface area contributed by atoms with Gasteiger partial charge in [-0.25, -0.2) is 0 Å². The summed E-state index contributed by atoms with van der Waals surface area (Å²) in [7, 11) is 1.69. The number of pyridine rings is 1. The van der Waals surface area contributed by atoms with Crippen LogP contribution in [-0.2, 0) is 0 Å². The molecule has 2 nitrogen and oxygen atoms in total. The summed E-state index contributed by atoms with van der Waals surface area (Å²) >= 11 is 0. The molecule has 0 amide bonds. The molecular weight excluding hydrogens is 186 g/mol. The van der Waals surface area contributed by atoms with E-state index in [0.29, 0.717) is 5.92 Å². The summed E-state index contributed by atoms with van der Waals surface area (Å²) in [4.78, 5) is 4.60. The molecule has 0 unspecified atom stereocenters. The van der Waals surface area contributed by atoms with Gasteiger partial charge in [-0.3, -0.25) is 4.98 Å². The van der Waals surface area contributed by atoms with Gasteiger partial charge in [0.25, 0.3) is 0 Å². The number of nitrogens with zero attached hydrogens (tertiary/aromatic N) is 1. The lowest BCUT2D eigenvalue weighted by Crippen LogP contribution is -1.93. The van der Waals surface area contributed by atoms with Crippen LogP contribution in [0.15, 0.2) is 30.3 Å². The van der Waals surface area contributed by atoms with E-state index in [1.54, 1.807) is 7.11 Å². The fraction of sp³-hybridized carbons (Fsp3) is 0.308. The molecule has 0 saturated carbocycles. The second-order valence-electron chi connectivity index (χ2n) is 3.92. The molecule has 0 radical (unpaired) electrons. The van der Waals surface area contributed by atoms with Gasteiger partial charge < -0.3 is 4.74 Å². The maximum absolute atomic E-state index is 5.29.